The minimum absolute atomic E-state index is 0.825. The molecule has 0 atom stereocenters. The standard InChI is InChI=1S/C15H20N2O/c1-12-11-13-7-3-4-8-14(13)17-15(12)16-9-5-6-10-18-2/h3-4,7-8,11H,5-6,9-10H2,1-2H3,(H,16,17). The van der Waals surface area contributed by atoms with E-state index < -0.39 is 0 Å². The summed E-state index contributed by atoms with van der Waals surface area (Å²) in [6, 6.07) is 10.4. The molecule has 0 unspecified atom stereocenters. The van der Waals surface area contributed by atoms with E-state index in [0.29, 0.717) is 0 Å². The SMILES string of the molecule is COCCCCNc1nc2ccccc2cc1C. The van der Waals surface area contributed by atoms with Crippen molar-refractivity contribution in [2.75, 3.05) is 25.6 Å². The number of aromatic nitrogens is 1. The first-order chi connectivity index (χ1) is 8.81. The highest BCUT2D eigenvalue weighted by Crippen LogP contribution is 2.19. The zero-order valence-electron chi connectivity index (χ0n) is 11.1. The van der Waals surface area contributed by atoms with Crippen molar-refractivity contribution >= 4 is 16.7 Å². The van der Waals surface area contributed by atoms with Gasteiger partial charge in [0.15, 0.2) is 0 Å². The van der Waals surface area contributed by atoms with Gasteiger partial charge in [-0.1, -0.05) is 18.2 Å². The molecule has 2 aromatic rings. The van der Waals surface area contributed by atoms with Crippen LogP contribution in [0.1, 0.15) is 18.4 Å². The summed E-state index contributed by atoms with van der Waals surface area (Å²) < 4.78 is 5.03. The van der Waals surface area contributed by atoms with Gasteiger partial charge in [0.1, 0.15) is 5.82 Å². The maximum Gasteiger partial charge on any atom is 0.129 e. The number of ether oxygens (including phenoxy) is 1. The van der Waals surface area contributed by atoms with E-state index in [-0.39, 0.29) is 0 Å². The van der Waals surface area contributed by atoms with Gasteiger partial charge < -0.3 is 10.1 Å². The number of unbranched alkanes of at least 4 members (excludes halogenated alkanes) is 1. The molecule has 0 amide bonds. The lowest BCUT2D eigenvalue weighted by Gasteiger charge is -2.09. The van der Waals surface area contributed by atoms with Crippen molar-refractivity contribution in [1.29, 1.82) is 0 Å². The van der Waals surface area contributed by atoms with Crippen LogP contribution in [0.25, 0.3) is 10.9 Å². The smallest absolute Gasteiger partial charge is 0.129 e. The van der Waals surface area contributed by atoms with E-state index in [1.807, 2.05) is 18.2 Å². The van der Waals surface area contributed by atoms with Crippen LogP contribution >= 0.6 is 0 Å². The Morgan fingerprint density at radius 1 is 1.22 bits per heavy atom. The highest BCUT2D eigenvalue weighted by atomic mass is 16.5. The summed E-state index contributed by atoms with van der Waals surface area (Å²) in [5.74, 6) is 0.992. The average Bonchev–Trinajstić information content (AvgIpc) is 2.39. The van der Waals surface area contributed by atoms with Gasteiger partial charge in [-0.2, -0.15) is 0 Å². The molecule has 0 bridgehead atoms. The molecule has 0 fully saturated rings. The van der Waals surface area contributed by atoms with E-state index in [1.54, 1.807) is 7.11 Å². The second-order valence-electron chi connectivity index (χ2n) is 4.47. The molecule has 3 nitrogen and oxygen atoms in total. The van der Waals surface area contributed by atoms with Gasteiger partial charge in [-0.25, -0.2) is 4.98 Å². The summed E-state index contributed by atoms with van der Waals surface area (Å²) >= 11 is 0. The molecule has 0 saturated heterocycles. The van der Waals surface area contributed by atoms with Crippen LogP contribution < -0.4 is 5.32 Å². The number of methoxy groups -OCH3 is 1. The number of aryl methyl sites for hydroxylation is 1. The number of hydrogen-bond acceptors (Lipinski definition) is 3. The average molecular weight is 244 g/mol. The Bertz CT molecular complexity index is 511. The van der Waals surface area contributed by atoms with Crippen molar-refractivity contribution in [3.8, 4) is 0 Å². The first-order valence-corrected chi connectivity index (χ1v) is 6.40. The maximum atomic E-state index is 5.03. The lowest BCUT2D eigenvalue weighted by Crippen LogP contribution is -2.06. The second-order valence-corrected chi connectivity index (χ2v) is 4.47. The molecule has 1 aromatic carbocycles. The largest absolute Gasteiger partial charge is 0.385 e. The summed E-state index contributed by atoms with van der Waals surface area (Å²) in [6.07, 6.45) is 2.18. The Labute approximate surface area is 108 Å². The number of rotatable bonds is 6. The molecule has 18 heavy (non-hydrogen) atoms. The van der Waals surface area contributed by atoms with E-state index in [1.165, 1.54) is 10.9 Å². The maximum absolute atomic E-state index is 5.03. The molecule has 3 heteroatoms. The Hall–Kier alpha value is -1.61. The number of anilines is 1. The fraction of sp³-hybridized carbons (Fsp3) is 0.400. The number of pyridine rings is 1. The Morgan fingerprint density at radius 3 is 2.89 bits per heavy atom. The van der Waals surface area contributed by atoms with E-state index in [2.05, 4.69) is 29.4 Å². The molecule has 0 saturated carbocycles. The molecule has 1 N–H and O–H groups in total. The van der Waals surface area contributed by atoms with Crippen molar-refractivity contribution < 1.29 is 4.74 Å². The van der Waals surface area contributed by atoms with Crippen LogP contribution in [0.2, 0.25) is 0 Å². The molecule has 0 aliphatic carbocycles. The van der Waals surface area contributed by atoms with Crippen molar-refractivity contribution in [3.63, 3.8) is 0 Å². The van der Waals surface area contributed by atoms with Gasteiger partial charge in [0, 0.05) is 25.6 Å². The summed E-state index contributed by atoms with van der Waals surface area (Å²) in [6.45, 7) is 3.86. The number of fused-ring (bicyclic) bond motifs is 1. The van der Waals surface area contributed by atoms with Gasteiger partial charge in [-0.3, -0.25) is 0 Å². The van der Waals surface area contributed by atoms with Gasteiger partial charge in [0.25, 0.3) is 0 Å². The zero-order chi connectivity index (χ0) is 12.8. The zero-order valence-corrected chi connectivity index (χ0v) is 11.1. The molecule has 0 spiro atoms. The van der Waals surface area contributed by atoms with Crippen molar-refractivity contribution in [1.82, 2.24) is 4.98 Å². The van der Waals surface area contributed by atoms with Gasteiger partial charge in [0.2, 0.25) is 0 Å². The first-order valence-electron chi connectivity index (χ1n) is 6.40. The summed E-state index contributed by atoms with van der Waals surface area (Å²) in [4.78, 5) is 4.65. The van der Waals surface area contributed by atoms with Gasteiger partial charge in [-0.15, -0.1) is 0 Å². The molecule has 1 heterocycles. The second kappa shape index (κ2) is 6.36. The molecule has 0 radical (unpaired) electrons. The van der Waals surface area contributed by atoms with Crippen LogP contribution in [0.4, 0.5) is 5.82 Å². The Balaban J connectivity index is 2.01. The van der Waals surface area contributed by atoms with Crippen LogP contribution in [0.3, 0.4) is 0 Å². The van der Waals surface area contributed by atoms with E-state index in [9.17, 15) is 0 Å². The minimum atomic E-state index is 0.825. The molecular formula is C15H20N2O. The number of para-hydroxylation sites is 1. The molecule has 0 aliphatic heterocycles. The number of benzene rings is 1. The van der Waals surface area contributed by atoms with Gasteiger partial charge >= 0.3 is 0 Å². The van der Waals surface area contributed by atoms with Crippen LogP contribution in [0, 0.1) is 6.92 Å². The fourth-order valence-electron chi connectivity index (χ4n) is 1.98. The van der Waals surface area contributed by atoms with E-state index >= 15 is 0 Å². The predicted molar refractivity (Wildman–Crippen MR) is 76.1 cm³/mol. The molecule has 2 rings (SSSR count). The Kier molecular flexibility index (Phi) is 4.53. The summed E-state index contributed by atoms with van der Waals surface area (Å²) in [5.41, 5.74) is 2.24. The summed E-state index contributed by atoms with van der Waals surface area (Å²) in [5, 5.41) is 4.59. The fourth-order valence-corrected chi connectivity index (χ4v) is 1.98. The van der Waals surface area contributed by atoms with Crippen LogP contribution in [0.15, 0.2) is 30.3 Å². The third-order valence-electron chi connectivity index (χ3n) is 2.98. The molecule has 1 aromatic heterocycles. The number of nitrogens with zero attached hydrogens (tertiary/aromatic N) is 1. The predicted octanol–water partition coefficient (Wildman–Crippen LogP) is 3.38. The summed E-state index contributed by atoms with van der Waals surface area (Å²) in [7, 11) is 1.74. The van der Waals surface area contributed by atoms with Crippen molar-refractivity contribution in [2.45, 2.75) is 19.8 Å². The molecular weight excluding hydrogens is 224 g/mol. The monoisotopic (exact) mass is 244 g/mol. The van der Waals surface area contributed by atoms with Crippen LogP contribution in [0.5, 0.6) is 0 Å². The molecule has 0 aliphatic rings. The van der Waals surface area contributed by atoms with E-state index in [0.717, 1.165) is 37.3 Å². The highest BCUT2D eigenvalue weighted by Gasteiger charge is 2.02. The van der Waals surface area contributed by atoms with Crippen molar-refractivity contribution in [2.24, 2.45) is 0 Å². The normalized spacial score (nSPS) is 10.8. The van der Waals surface area contributed by atoms with Crippen molar-refractivity contribution in [3.05, 3.63) is 35.9 Å². The quantitative estimate of drug-likeness (QED) is 0.791. The molecule has 96 valence electrons. The third-order valence-corrected chi connectivity index (χ3v) is 2.98. The number of nitrogens with one attached hydrogen (secondary N) is 1. The highest BCUT2D eigenvalue weighted by molar-refractivity contribution is 5.81. The van der Waals surface area contributed by atoms with Gasteiger partial charge in [0.05, 0.1) is 5.52 Å². The third kappa shape index (κ3) is 3.20. The Morgan fingerprint density at radius 2 is 2.06 bits per heavy atom. The van der Waals surface area contributed by atoms with Crippen LogP contribution in [-0.4, -0.2) is 25.2 Å². The van der Waals surface area contributed by atoms with Crippen LogP contribution in [-0.2, 0) is 4.74 Å². The number of hydrogen-bond donors (Lipinski definition) is 1. The minimum Gasteiger partial charge on any atom is -0.385 e. The van der Waals surface area contributed by atoms with Gasteiger partial charge in [-0.05, 0) is 37.5 Å². The lowest BCUT2D eigenvalue weighted by molar-refractivity contribution is 0.194. The first kappa shape index (κ1) is 12.8. The lowest BCUT2D eigenvalue weighted by atomic mass is 10.1. The topological polar surface area (TPSA) is 34.1 Å². The van der Waals surface area contributed by atoms with E-state index in [4.69, 9.17) is 4.74 Å².